The Morgan fingerprint density at radius 1 is 1.44 bits per heavy atom. The third-order valence-electron chi connectivity index (χ3n) is 2.32. The minimum atomic E-state index is 0.625. The Kier molecular flexibility index (Phi) is 3.10. The summed E-state index contributed by atoms with van der Waals surface area (Å²) in [7, 11) is 0. The van der Waals surface area contributed by atoms with Gasteiger partial charge in [-0.25, -0.2) is 4.68 Å². The maximum atomic E-state index is 6.14. The number of nitrogens with two attached hydrogens (primary N) is 1. The van der Waals surface area contributed by atoms with Crippen molar-refractivity contribution in [1.29, 1.82) is 0 Å². The van der Waals surface area contributed by atoms with Crippen LogP contribution in [0, 0.1) is 0 Å². The largest absolute Gasteiger partial charge is 0.399 e. The molecule has 16 heavy (non-hydrogen) atoms. The summed E-state index contributed by atoms with van der Waals surface area (Å²) in [5.74, 6) is 0. The first kappa shape index (κ1) is 11.0. The molecule has 0 amide bonds. The van der Waals surface area contributed by atoms with Gasteiger partial charge >= 0.3 is 0 Å². The van der Waals surface area contributed by atoms with E-state index in [0.717, 1.165) is 24.2 Å². The number of hydrogen-bond donors (Lipinski definition) is 1. The molecule has 0 atom stereocenters. The summed E-state index contributed by atoms with van der Waals surface area (Å²) < 4.78 is 1.84. The molecule has 0 aliphatic heterocycles. The van der Waals surface area contributed by atoms with Gasteiger partial charge < -0.3 is 5.73 Å². The summed E-state index contributed by atoms with van der Waals surface area (Å²) in [5.41, 5.74) is 8.15. The Hall–Kier alpha value is -1.55. The van der Waals surface area contributed by atoms with Gasteiger partial charge in [-0.05, 0) is 24.6 Å². The lowest BCUT2D eigenvalue weighted by molar-refractivity contribution is 0.584. The molecule has 0 unspecified atom stereocenters. The van der Waals surface area contributed by atoms with Gasteiger partial charge in [-0.3, -0.25) is 0 Å². The van der Waals surface area contributed by atoms with E-state index in [1.807, 2.05) is 16.8 Å². The molecule has 2 N–H and O–H groups in total. The Balaban J connectivity index is 2.46. The number of benzene rings is 1. The fourth-order valence-electron chi connectivity index (χ4n) is 1.58. The zero-order chi connectivity index (χ0) is 11.5. The molecule has 4 nitrogen and oxygen atoms in total. The van der Waals surface area contributed by atoms with E-state index < -0.39 is 0 Å². The van der Waals surface area contributed by atoms with E-state index >= 15 is 0 Å². The molecule has 2 rings (SSSR count). The van der Waals surface area contributed by atoms with Crippen molar-refractivity contribution in [2.45, 2.75) is 19.9 Å². The van der Waals surface area contributed by atoms with Gasteiger partial charge in [0, 0.05) is 17.8 Å². The highest BCUT2D eigenvalue weighted by Gasteiger charge is 2.09. The number of nitrogens with zero attached hydrogens (tertiary/aromatic N) is 3. The summed E-state index contributed by atoms with van der Waals surface area (Å²) in [5, 5.41) is 8.55. The predicted octanol–water partition coefficient (Wildman–Crippen LogP) is 2.59. The van der Waals surface area contributed by atoms with E-state index in [4.69, 9.17) is 17.3 Å². The summed E-state index contributed by atoms with van der Waals surface area (Å²) in [6.07, 6.45) is 2.72. The first-order valence-electron chi connectivity index (χ1n) is 5.16. The highest BCUT2D eigenvalue weighted by molar-refractivity contribution is 6.33. The van der Waals surface area contributed by atoms with Crippen molar-refractivity contribution in [3.63, 3.8) is 0 Å². The highest BCUT2D eigenvalue weighted by atomic mass is 35.5. The van der Waals surface area contributed by atoms with Crippen molar-refractivity contribution in [1.82, 2.24) is 15.0 Å². The zero-order valence-electron chi connectivity index (χ0n) is 9.02. The number of halogens is 1. The summed E-state index contributed by atoms with van der Waals surface area (Å²) >= 11 is 6.14. The second-order valence-corrected chi connectivity index (χ2v) is 3.99. The van der Waals surface area contributed by atoms with Crippen LogP contribution in [0.1, 0.15) is 13.3 Å². The minimum Gasteiger partial charge on any atom is -0.399 e. The standard InChI is InChI=1S/C11H13ClN4/c1-2-5-16-11(7-14-15-16)9-4-3-8(13)6-10(9)12/h3-4,6-7H,2,5,13H2,1H3. The van der Waals surface area contributed by atoms with Crippen molar-refractivity contribution < 1.29 is 0 Å². The van der Waals surface area contributed by atoms with Crippen molar-refractivity contribution in [3.05, 3.63) is 29.4 Å². The van der Waals surface area contributed by atoms with Gasteiger partial charge in [0.15, 0.2) is 0 Å². The quantitative estimate of drug-likeness (QED) is 0.834. The van der Waals surface area contributed by atoms with Crippen LogP contribution in [0.4, 0.5) is 5.69 Å². The van der Waals surface area contributed by atoms with E-state index in [-0.39, 0.29) is 0 Å². The molecule has 0 bridgehead atoms. The third-order valence-corrected chi connectivity index (χ3v) is 2.63. The van der Waals surface area contributed by atoms with Crippen LogP contribution < -0.4 is 5.73 Å². The Labute approximate surface area is 99.0 Å². The molecular formula is C11H13ClN4. The van der Waals surface area contributed by atoms with Crippen molar-refractivity contribution in [3.8, 4) is 11.3 Å². The minimum absolute atomic E-state index is 0.625. The van der Waals surface area contributed by atoms with Crippen LogP contribution in [-0.2, 0) is 6.54 Å². The normalized spacial score (nSPS) is 10.6. The molecule has 2 aromatic rings. The number of aryl methyl sites for hydroxylation is 1. The van der Waals surface area contributed by atoms with Crippen LogP contribution in [-0.4, -0.2) is 15.0 Å². The van der Waals surface area contributed by atoms with Crippen LogP contribution >= 0.6 is 11.6 Å². The maximum Gasteiger partial charge on any atom is 0.0900 e. The smallest absolute Gasteiger partial charge is 0.0900 e. The number of aromatic nitrogens is 3. The molecule has 0 radical (unpaired) electrons. The lowest BCUT2D eigenvalue weighted by atomic mass is 10.1. The molecule has 0 aliphatic carbocycles. The molecule has 0 aliphatic rings. The third kappa shape index (κ3) is 2.02. The van der Waals surface area contributed by atoms with Gasteiger partial charge in [0.05, 0.1) is 16.9 Å². The number of hydrogen-bond acceptors (Lipinski definition) is 3. The van der Waals surface area contributed by atoms with Gasteiger partial charge in [-0.2, -0.15) is 0 Å². The molecule has 84 valence electrons. The van der Waals surface area contributed by atoms with Gasteiger partial charge in [0.2, 0.25) is 0 Å². The number of rotatable bonds is 3. The van der Waals surface area contributed by atoms with Gasteiger partial charge in [0.25, 0.3) is 0 Å². The van der Waals surface area contributed by atoms with Crippen molar-refractivity contribution in [2.24, 2.45) is 0 Å². The first-order chi connectivity index (χ1) is 7.72. The first-order valence-corrected chi connectivity index (χ1v) is 5.54. The molecule has 1 aromatic carbocycles. The topological polar surface area (TPSA) is 56.7 Å². The van der Waals surface area contributed by atoms with Gasteiger partial charge in [0.1, 0.15) is 0 Å². The molecule has 0 spiro atoms. The number of anilines is 1. The highest BCUT2D eigenvalue weighted by Crippen LogP contribution is 2.28. The van der Waals surface area contributed by atoms with Crippen LogP contribution in [0.2, 0.25) is 5.02 Å². The molecule has 0 fully saturated rings. The molecule has 5 heteroatoms. The van der Waals surface area contributed by atoms with E-state index in [0.29, 0.717) is 10.7 Å². The molecule has 1 heterocycles. The predicted molar refractivity (Wildman–Crippen MR) is 65.2 cm³/mol. The zero-order valence-corrected chi connectivity index (χ0v) is 9.78. The molecular weight excluding hydrogens is 224 g/mol. The van der Waals surface area contributed by atoms with Crippen LogP contribution in [0.3, 0.4) is 0 Å². The van der Waals surface area contributed by atoms with E-state index in [9.17, 15) is 0 Å². The second kappa shape index (κ2) is 4.53. The monoisotopic (exact) mass is 236 g/mol. The van der Waals surface area contributed by atoms with Gasteiger partial charge in [-0.15, -0.1) is 5.10 Å². The van der Waals surface area contributed by atoms with Crippen LogP contribution in [0.25, 0.3) is 11.3 Å². The Morgan fingerprint density at radius 2 is 2.25 bits per heavy atom. The van der Waals surface area contributed by atoms with Crippen LogP contribution in [0.15, 0.2) is 24.4 Å². The fourth-order valence-corrected chi connectivity index (χ4v) is 1.87. The van der Waals surface area contributed by atoms with E-state index in [1.165, 1.54) is 0 Å². The summed E-state index contributed by atoms with van der Waals surface area (Å²) in [4.78, 5) is 0. The summed E-state index contributed by atoms with van der Waals surface area (Å²) in [6.45, 7) is 2.92. The average Bonchev–Trinajstić information content (AvgIpc) is 2.67. The summed E-state index contributed by atoms with van der Waals surface area (Å²) in [6, 6.07) is 5.45. The molecule has 1 aromatic heterocycles. The SMILES string of the molecule is CCCn1nncc1-c1ccc(N)cc1Cl. The number of nitrogen functional groups attached to an aromatic ring is 1. The lowest BCUT2D eigenvalue weighted by Gasteiger charge is -2.07. The van der Waals surface area contributed by atoms with Gasteiger partial charge in [-0.1, -0.05) is 23.7 Å². The van der Waals surface area contributed by atoms with Crippen molar-refractivity contribution in [2.75, 3.05) is 5.73 Å². The average molecular weight is 237 g/mol. The Bertz CT molecular complexity index is 492. The Morgan fingerprint density at radius 3 is 2.94 bits per heavy atom. The molecule has 0 saturated heterocycles. The lowest BCUT2D eigenvalue weighted by Crippen LogP contribution is -2.01. The second-order valence-electron chi connectivity index (χ2n) is 3.58. The van der Waals surface area contributed by atoms with E-state index in [1.54, 1.807) is 12.3 Å². The van der Waals surface area contributed by atoms with Crippen molar-refractivity contribution >= 4 is 17.3 Å². The molecule has 0 saturated carbocycles. The van der Waals surface area contributed by atoms with Crippen LogP contribution in [0.5, 0.6) is 0 Å². The fraction of sp³-hybridized carbons (Fsp3) is 0.273. The maximum absolute atomic E-state index is 6.14. The van der Waals surface area contributed by atoms with E-state index in [2.05, 4.69) is 17.2 Å².